The highest BCUT2D eigenvalue weighted by atomic mass is 79.9. The van der Waals surface area contributed by atoms with Gasteiger partial charge in [0, 0.05) is 6.54 Å². The first kappa shape index (κ1) is 9.06. The van der Waals surface area contributed by atoms with E-state index in [0.29, 0.717) is 17.7 Å². The molecular weight excluding hydrogens is 260 g/mol. The number of halogens is 1. The molecule has 1 fully saturated rings. The number of benzene rings is 1. The molecule has 0 aromatic heterocycles. The van der Waals surface area contributed by atoms with Crippen molar-refractivity contribution in [3.8, 4) is 0 Å². The number of nitrogens with zero attached hydrogens (tertiary/aromatic N) is 2. The Balaban J connectivity index is 2.05. The van der Waals surface area contributed by atoms with Gasteiger partial charge in [0.1, 0.15) is 0 Å². The van der Waals surface area contributed by atoms with E-state index in [-0.39, 0.29) is 16.8 Å². The first-order chi connectivity index (χ1) is 7.20. The van der Waals surface area contributed by atoms with E-state index < -0.39 is 0 Å². The fourth-order valence-electron chi connectivity index (χ4n) is 1.72. The van der Waals surface area contributed by atoms with E-state index in [1.807, 2.05) is 0 Å². The van der Waals surface area contributed by atoms with Crippen LogP contribution < -0.4 is 0 Å². The molecule has 1 saturated heterocycles. The fourth-order valence-corrected chi connectivity index (χ4v) is 2.20. The third kappa shape index (κ3) is 1.16. The summed E-state index contributed by atoms with van der Waals surface area (Å²) in [5.74, 6) is -0.449. The number of rotatable bonds is 1. The van der Waals surface area contributed by atoms with Crippen molar-refractivity contribution in [2.24, 2.45) is 0 Å². The van der Waals surface area contributed by atoms with Gasteiger partial charge in [0.15, 0.2) is 0 Å². The Hall–Kier alpha value is -1.20. The topological polar surface area (TPSA) is 40.4 Å². The number of hydrogen-bond donors (Lipinski definition) is 0. The second kappa shape index (κ2) is 2.90. The molecule has 76 valence electrons. The van der Waals surface area contributed by atoms with Crippen molar-refractivity contribution < 1.29 is 9.59 Å². The van der Waals surface area contributed by atoms with Crippen LogP contribution in [-0.4, -0.2) is 33.3 Å². The van der Waals surface area contributed by atoms with E-state index >= 15 is 0 Å². The molecule has 1 aromatic rings. The summed E-state index contributed by atoms with van der Waals surface area (Å²) in [5, 5.41) is 2.91. The molecular formula is C10H7BrN2O2. The summed E-state index contributed by atoms with van der Waals surface area (Å²) in [4.78, 5) is 23.9. The Morgan fingerprint density at radius 2 is 1.60 bits per heavy atom. The third-order valence-corrected chi connectivity index (χ3v) is 3.32. The first-order valence-electron chi connectivity index (χ1n) is 4.58. The van der Waals surface area contributed by atoms with Crippen molar-refractivity contribution >= 4 is 27.7 Å². The molecule has 5 heteroatoms. The summed E-state index contributed by atoms with van der Waals surface area (Å²) in [5.41, 5.74) is 0.989. The van der Waals surface area contributed by atoms with E-state index in [1.54, 1.807) is 29.3 Å². The van der Waals surface area contributed by atoms with Crippen LogP contribution in [-0.2, 0) is 0 Å². The quantitative estimate of drug-likeness (QED) is 0.332. The lowest BCUT2D eigenvalue weighted by molar-refractivity contribution is 0.0394. The third-order valence-electron chi connectivity index (χ3n) is 2.56. The molecule has 2 atom stereocenters. The van der Waals surface area contributed by atoms with E-state index in [4.69, 9.17) is 0 Å². The Kier molecular flexibility index (Phi) is 1.75. The van der Waals surface area contributed by atoms with Crippen LogP contribution in [0.4, 0.5) is 0 Å². The smallest absolute Gasteiger partial charge is 0.267 e. The second-order valence-electron chi connectivity index (χ2n) is 3.52. The van der Waals surface area contributed by atoms with E-state index in [1.165, 1.54) is 5.01 Å². The Morgan fingerprint density at radius 1 is 1.13 bits per heavy atom. The van der Waals surface area contributed by atoms with Crippen LogP contribution in [0.2, 0.25) is 0 Å². The van der Waals surface area contributed by atoms with Gasteiger partial charge in [-0.15, -0.1) is 0 Å². The van der Waals surface area contributed by atoms with Crippen LogP contribution >= 0.6 is 15.9 Å². The average Bonchev–Trinajstić information content (AvgIpc) is 2.89. The predicted molar refractivity (Wildman–Crippen MR) is 56.4 cm³/mol. The minimum absolute atomic E-state index is 0.111. The highest BCUT2D eigenvalue weighted by molar-refractivity contribution is 9.09. The molecule has 2 heterocycles. The van der Waals surface area contributed by atoms with Crippen LogP contribution in [0, 0.1) is 0 Å². The van der Waals surface area contributed by atoms with Gasteiger partial charge < -0.3 is 0 Å². The Labute approximate surface area is 94.6 Å². The number of hydrogen-bond acceptors (Lipinski definition) is 3. The molecule has 0 N–H and O–H groups in total. The molecule has 2 aliphatic rings. The van der Waals surface area contributed by atoms with Gasteiger partial charge in [0.05, 0.1) is 16.1 Å². The predicted octanol–water partition coefficient (Wildman–Crippen LogP) is 1.23. The lowest BCUT2D eigenvalue weighted by atomic mass is 10.1. The maximum atomic E-state index is 11.9. The van der Waals surface area contributed by atoms with Crippen LogP contribution in [0.15, 0.2) is 24.3 Å². The highest BCUT2D eigenvalue weighted by Crippen LogP contribution is 2.32. The number of fused-ring (bicyclic) bond motifs is 1. The lowest BCUT2D eigenvalue weighted by Gasteiger charge is -2.13. The van der Waals surface area contributed by atoms with Crippen LogP contribution in [0.1, 0.15) is 20.7 Å². The molecule has 3 rings (SSSR count). The summed E-state index contributed by atoms with van der Waals surface area (Å²) in [6.45, 7) is 0.700. The Morgan fingerprint density at radius 3 is 2.00 bits per heavy atom. The van der Waals surface area contributed by atoms with Crippen molar-refractivity contribution in [2.45, 2.75) is 4.95 Å². The number of amides is 2. The maximum Gasteiger partial charge on any atom is 0.276 e. The van der Waals surface area contributed by atoms with Crippen molar-refractivity contribution in [1.82, 2.24) is 10.0 Å². The van der Waals surface area contributed by atoms with Gasteiger partial charge in [0.2, 0.25) is 0 Å². The van der Waals surface area contributed by atoms with Gasteiger partial charge >= 0.3 is 0 Å². The van der Waals surface area contributed by atoms with E-state index in [2.05, 4.69) is 15.9 Å². The lowest BCUT2D eigenvalue weighted by Crippen LogP contribution is -2.35. The van der Waals surface area contributed by atoms with E-state index in [9.17, 15) is 9.59 Å². The van der Waals surface area contributed by atoms with Crippen molar-refractivity contribution in [3.63, 3.8) is 0 Å². The summed E-state index contributed by atoms with van der Waals surface area (Å²) < 4.78 is 0. The Bertz CT molecular complexity index is 439. The number of alkyl halides is 1. The summed E-state index contributed by atoms with van der Waals surface area (Å²) in [6, 6.07) is 6.90. The maximum absolute atomic E-state index is 11.9. The minimum Gasteiger partial charge on any atom is -0.267 e. The standard InChI is InChI=1S/C10H7BrN2O2/c11-8-5-12(8)13-9(14)6-3-1-2-4-7(6)10(13)15/h1-4,8H,5H2/t8-,12?/m0/s1. The molecule has 15 heavy (non-hydrogen) atoms. The summed E-state index contributed by atoms with van der Waals surface area (Å²) in [6.07, 6.45) is 0. The number of imide groups is 1. The average molecular weight is 267 g/mol. The summed E-state index contributed by atoms with van der Waals surface area (Å²) >= 11 is 3.34. The van der Waals surface area contributed by atoms with Crippen molar-refractivity contribution in [2.75, 3.05) is 6.54 Å². The van der Waals surface area contributed by atoms with Crippen molar-refractivity contribution in [3.05, 3.63) is 35.4 Å². The molecule has 4 nitrogen and oxygen atoms in total. The first-order valence-corrected chi connectivity index (χ1v) is 5.50. The zero-order chi connectivity index (χ0) is 10.6. The molecule has 1 aromatic carbocycles. The van der Waals surface area contributed by atoms with Crippen LogP contribution in [0.25, 0.3) is 0 Å². The fraction of sp³-hybridized carbons (Fsp3) is 0.200. The SMILES string of the molecule is O=C1c2ccccc2C(=O)N1N1C[C@H]1Br. The number of hydrazine groups is 1. The number of carbonyl (C=O) groups excluding carboxylic acids is 2. The molecule has 0 saturated carbocycles. The molecule has 2 amide bonds. The number of carbonyl (C=O) groups is 2. The zero-order valence-electron chi connectivity index (χ0n) is 7.68. The molecule has 0 spiro atoms. The van der Waals surface area contributed by atoms with Gasteiger partial charge in [-0.25, -0.2) is 5.01 Å². The van der Waals surface area contributed by atoms with Gasteiger partial charge in [0.25, 0.3) is 11.8 Å². The molecule has 0 radical (unpaired) electrons. The molecule has 2 aliphatic heterocycles. The summed E-state index contributed by atoms with van der Waals surface area (Å²) in [7, 11) is 0. The normalized spacial score (nSPS) is 28.2. The van der Waals surface area contributed by atoms with Gasteiger partial charge in [-0.2, -0.15) is 5.01 Å². The zero-order valence-corrected chi connectivity index (χ0v) is 9.27. The highest BCUT2D eigenvalue weighted by Gasteiger charge is 2.47. The molecule has 1 unspecified atom stereocenters. The molecule has 0 aliphatic carbocycles. The van der Waals surface area contributed by atoms with Crippen LogP contribution in [0.3, 0.4) is 0 Å². The van der Waals surface area contributed by atoms with Gasteiger partial charge in [-0.05, 0) is 12.1 Å². The second-order valence-corrected chi connectivity index (χ2v) is 4.58. The monoisotopic (exact) mass is 266 g/mol. The largest absolute Gasteiger partial charge is 0.276 e. The van der Waals surface area contributed by atoms with Crippen LogP contribution in [0.5, 0.6) is 0 Å². The minimum atomic E-state index is -0.224. The van der Waals surface area contributed by atoms with Gasteiger partial charge in [-0.1, -0.05) is 28.1 Å². The van der Waals surface area contributed by atoms with E-state index in [0.717, 1.165) is 0 Å². The van der Waals surface area contributed by atoms with Gasteiger partial charge in [-0.3, -0.25) is 9.59 Å². The van der Waals surface area contributed by atoms with Crippen molar-refractivity contribution in [1.29, 1.82) is 0 Å². The molecule has 0 bridgehead atoms.